The van der Waals surface area contributed by atoms with E-state index in [1.807, 2.05) is 55.5 Å². The number of amides is 4. The standard InChI is InChI=1S/C34H43N7O7/c1-3-4-11-26(38-32(45)27(39-30(43)19(2)35)14-20-16-36-24-12-7-5-9-22(20)24)31(44)40-28(33(46)41-29(18-42)34(47)48)15-21-17-37-25-13-8-6-10-23(21)25/h5-10,12-13,16-17,19,26-29,36-37,42H,3-4,11,14-15,18,35H2,1-2H3,(H,38,45)(H,39,43)(H,40,44)(H,41,46)(H,47,48)/t19-,26-,27-,28-,29-/m0/s1. The van der Waals surface area contributed by atoms with Crippen LogP contribution in [-0.2, 0) is 36.8 Å². The molecule has 2 aromatic carbocycles. The zero-order valence-electron chi connectivity index (χ0n) is 26.9. The number of aliphatic hydroxyl groups excluding tert-OH is 1. The first-order valence-corrected chi connectivity index (χ1v) is 15.9. The summed E-state index contributed by atoms with van der Waals surface area (Å²) >= 11 is 0. The van der Waals surface area contributed by atoms with E-state index in [4.69, 9.17) is 5.73 Å². The molecule has 0 saturated heterocycles. The van der Waals surface area contributed by atoms with Crippen molar-refractivity contribution in [3.8, 4) is 0 Å². The Morgan fingerprint density at radius 2 is 1.15 bits per heavy atom. The maximum atomic E-state index is 13.8. The highest BCUT2D eigenvalue weighted by Gasteiger charge is 2.32. The number of benzene rings is 2. The number of carbonyl (C=O) groups is 5. The molecule has 0 radical (unpaired) electrons. The van der Waals surface area contributed by atoms with Gasteiger partial charge in [0.2, 0.25) is 23.6 Å². The normalized spacial score (nSPS) is 14.4. The monoisotopic (exact) mass is 661 g/mol. The predicted octanol–water partition coefficient (Wildman–Crippen LogP) is 0.988. The minimum atomic E-state index is -1.59. The lowest BCUT2D eigenvalue weighted by Gasteiger charge is -2.26. The minimum absolute atomic E-state index is 0.0125. The van der Waals surface area contributed by atoms with Crippen molar-refractivity contribution in [1.29, 1.82) is 0 Å². The first-order valence-electron chi connectivity index (χ1n) is 15.9. The summed E-state index contributed by atoms with van der Waals surface area (Å²) in [4.78, 5) is 71.5. The molecule has 4 aromatic rings. The van der Waals surface area contributed by atoms with E-state index >= 15 is 0 Å². The summed E-state index contributed by atoms with van der Waals surface area (Å²) < 4.78 is 0. The number of unbranched alkanes of at least 4 members (excludes halogenated alkanes) is 1. The molecule has 4 rings (SSSR count). The largest absolute Gasteiger partial charge is 0.480 e. The predicted molar refractivity (Wildman–Crippen MR) is 180 cm³/mol. The number of carboxylic acids is 1. The molecule has 2 heterocycles. The maximum absolute atomic E-state index is 13.8. The molecule has 5 atom stereocenters. The highest BCUT2D eigenvalue weighted by molar-refractivity contribution is 5.96. The lowest BCUT2D eigenvalue weighted by Crippen LogP contribution is -2.59. The molecule has 0 unspecified atom stereocenters. The molecule has 256 valence electrons. The van der Waals surface area contributed by atoms with Crippen molar-refractivity contribution in [2.24, 2.45) is 5.73 Å². The third-order valence-corrected chi connectivity index (χ3v) is 8.15. The SMILES string of the molecule is CCCC[C@H](NC(=O)[C@H](Cc1c[nH]c2ccccc12)NC(=O)[C@H](C)N)C(=O)N[C@@H](Cc1c[nH]c2ccccc12)C(=O)N[C@@H](CO)C(=O)O. The van der Waals surface area contributed by atoms with Crippen molar-refractivity contribution in [1.82, 2.24) is 31.2 Å². The van der Waals surface area contributed by atoms with E-state index in [2.05, 4.69) is 31.2 Å². The second-order valence-electron chi connectivity index (χ2n) is 11.8. The van der Waals surface area contributed by atoms with Crippen LogP contribution in [0.2, 0.25) is 0 Å². The number of aliphatic carboxylic acids is 1. The number of aliphatic hydroxyl groups is 1. The molecule has 0 spiro atoms. The Bertz CT molecular complexity index is 1750. The number of nitrogens with two attached hydrogens (primary N) is 1. The number of aromatic nitrogens is 2. The number of hydrogen-bond acceptors (Lipinski definition) is 7. The summed E-state index contributed by atoms with van der Waals surface area (Å²) in [5.41, 5.74) is 8.92. The van der Waals surface area contributed by atoms with Gasteiger partial charge in [-0.2, -0.15) is 0 Å². The molecule has 0 aliphatic rings. The molecule has 2 aromatic heterocycles. The van der Waals surface area contributed by atoms with E-state index in [9.17, 15) is 34.2 Å². The van der Waals surface area contributed by atoms with Gasteiger partial charge in [-0.05, 0) is 36.6 Å². The van der Waals surface area contributed by atoms with Crippen LogP contribution in [0.25, 0.3) is 21.8 Å². The average molecular weight is 662 g/mol. The topological polar surface area (TPSA) is 232 Å². The number of carboxylic acid groups (broad SMARTS) is 1. The van der Waals surface area contributed by atoms with Gasteiger partial charge < -0.3 is 47.2 Å². The number of H-pyrrole nitrogens is 2. The molecule has 0 bridgehead atoms. The summed E-state index contributed by atoms with van der Waals surface area (Å²) in [5.74, 6) is -4.09. The number of hydrogen-bond donors (Lipinski definition) is 9. The van der Waals surface area contributed by atoms with Crippen molar-refractivity contribution in [3.63, 3.8) is 0 Å². The highest BCUT2D eigenvalue weighted by Crippen LogP contribution is 2.21. The van der Waals surface area contributed by atoms with Crippen LogP contribution < -0.4 is 27.0 Å². The molecule has 0 fully saturated rings. The van der Waals surface area contributed by atoms with Crippen LogP contribution in [0.15, 0.2) is 60.9 Å². The first-order chi connectivity index (χ1) is 23.0. The Balaban J connectivity index is 1.58. The Morgan fingerprint density at radius 1 is 0.708 bits per heavy atom. The molecule has 0 aliphatic carbocycles. The zero-order valence-corrected chi connectivity index (χ0v) is 26.9. The molecule has 0 aliphatic heterocycles. The Morgan fingerprint density at radius 3 is 1.60 bits per heavy atom. The van der Waals surface area contributed by atoms with Gasteiger partial charge in [0.1, 0.15) is 24.2 Å². The van der Waals surface area contributed by atoms with Crippen LogP contribution in [0.1, 0.15) is 44.2 Å². The van der Waals surface area contributed by atoms with Crippen LogP contribution in [0.3, 0.4) is 0 Å². The van der Waals surface area contributed by atoms with E-state index in [0.717, 1.165) is 27.4 Å². The molecule has 14 heteroatoms. The van der Waals surface area contributed by atoms with Gasteiger partial charge >= 0.3 is 5.97 Å². The number of nitrogens with one attached hydrogen (secondary N) is 6. The van der Waals surface area contributed by atoms with Crippen molar-refractivity contribution in [2.75, 3.05) is 6.61 Å². The summed E-state index contributed by atoms with van der Waals surface area (Å²) in [6.45, 7) is 2.57. The number of aromatic amines is 2. The van der Waals surface area contributed by atoms with Crippen LogP contribution >= 0.6 is 0 Å². The fraction of sp³-hybridized carbons (Fsp3) is 0.382. The van der Waals surface area contributed by atoms with Gasteiger partial charge in [-0.25, -0.2) is 4.79 Å². The Kier molecular flexibility index (Phi) is 12.3. The van der Waals surface area contributed by atoms with Crippen molar-refractivity contribution >= 4 is 51.4 Å². The second kappa shape index (κ2) is 16.6. The van der Waals surface area contributed by atoms with Crippen molar-refractivity contribution in [3.05, 3.63) is 72.1 Å². The van der Waals surface area contributed by atoms with E-state index in [0.29, 0.717) is 18.4 Å². The molecule has 14 nitrogen and oxygen atoms in total. The van der Waals surface area contributed by atoms with Crippen LogP contribution in [-0.4, -0.2) is 86.6 Å². The third-order valence-electron chi connectivity index (χ3n) is 8.15. The van der Waals surface area contributed by atoms with E-state index in [1.54, 1.807) is 12.4 Å². The Labute approximate surface area is 277 Å². The molecule has 4 amide bonds. The third kappa shape index (κ3) is 8.98. The second-order valence-corrected chi connectivity index (χ2v) is 11.8. The number of rotatable bonds is 17. The van der Waals surface area contributed by atoms with Crippen LogP contribution in [0, 0.1) is 0 Å². The number of carbonyl (C=O) groups excluding carboxylic acids is 4. The van der Waals surface area contributed by atoms with Crippen LogP contribution in [0.4, 0.5) is 0 Å². The quantitative estimate of drug-likeness (QED) is 0.0790. The van der Waals surface area contributed by atoms with Gasteiger partial charge in [-0.15, -0.1) is 0 Å². The molecule has 10 N–H and O–H groups in total. The Hall–Kier alpha value is -5.21. The fourth-order valence-electron chi connectivity index (χ4n) is 5.44. The summed E-state index contributed by atoms with van der Waals surface area (Å²) in [6, 6.07) is 8.98. The lowest BCUT2D eigenvalue weighted by molar-refractivity contribution is -0.143. The average Bonchev–Trinajstić information content (AvgIpc) is 3.68. The van der Waals surface area contributed by atoms with Gasteiger partial charge in [0.25, 0.3) is 0 Å². The summed E-state index contributed by atoms with van der Waals surface area (Å²) in [5, 5.41) is 31.1. The summed E-state index contributed by atoms with van der Waals surface area (Å²) in [7, 11) is 0. The van der Waals surface area contributed by atoms with E-state index in [-0.39, 0.29) is 19.3 Å². The first kappa shape index (κ1) is 35.6. The van der Waals surface area contributed by atoms with Crippen molar-refractivity contribution < 1.29 is 34.2 Å². The van der Waals surface area contributed by atoms with Gasteiger partial charge in [0.15, 0.2) is 0 Å². The highest BCUT2D eigenvalue weighted by atomic mass is 16.4. The fourth-order valence-corrected chi connectivity index (χ4v) is 5.44. The molecular formula is C34H43N7O7. The van der Waals surface area contributed by atoms with Crippen molar-refractivity contribution in [2.45, 2.75) is 76.2 Å². The lowest BCUT2D eigenvalue weighted by atomic mass is 10.0. The summed E-state index contributed by atoms with van der Waals surface area (Å²) in [6.07, 6.45) is 5.05. The zero-order chi connectivity index (χ0) is 34.8. The van der Waals surface area contributed by atoms with E-state index in [1.165, 1.54) is 6.92 Å². The number of para-hydroxylation sites is 2. The smallest absolute Gasteiger partial charge is 0.328 e. The molecular weight excluding hydrogens is 618 g/mol. The molecule has 0 saturated carbocycles. The van der Waals surface area contributed by atoms with Gasteiger partial charge in [0, 0.05) is 47.0 Å². The maximum Gasteiger partial charge on any atom is 0.328 e. The number of fused-ring (bicyclic) bond motifs is 2. The minimum Gasteiger partial charge on any atom is -0.480 e. The van der Waals surface area contributed by atoms with E-state index < -0.39 is 66.4 Å². The molecule has 48 heavy (non-hydrogen) atoms. The van der Waals surface area contributed by atoms with Gasteiger partial charge in [0.05, 0.1) is 12.6 Å². The van der Waals surface area contributed by atoms with Gasteiger partial charge in [-0.3, -0.25) is 19.2 Å². The van der Waals surface area contributed by atoms with Gasteiger partial charge in [-0.1, -0.05) is 56.2 Å². The van der Waals surface area contributed by atoms with Crippen LogP contribution in [0.5, 0.6) is 0 Å².